The smallest absolute Gasteiger partial charge is 0.253 e. The van der Waals surface area contributed by atoms with E-state index in [1.807, 2.05) is 28.6 Å². The van der Waals surface area contributed by atoms with E-state index in [1.165, 1.54) is 49.8 Å². The number of carbonyl (C=O) groups is 1. The first-order chi connectivity index (χ1) is 20.7. The summed E-state index contributed by atoms with van der Waals surface area (Å²) >= 11 is 0. The monoisotopic (exact) mass is 582 g/mol. The molecule has 1 saturated heterocycles. The molecule has 2 aromatic heterocycles. The van der Waals surface area contributed by atoms with E-state index in [2.05, 4.69) is 37.8 Å². The van der Waals surface area contributed by atoms with Gasteiger partial charge in [0, 0.05) is 38.2 Å². The fourth-order valence-electron chi connectivity index (χ4n) is 6.57. The lowest BCUT2D eigenvalue weighted by atomic mass is 9.86. The van der Waals surface area contributed by atoms with Crippen molar-refractivity contribution in [2.45, 2.75) is 78.1 Å². The van der Waals surface area contributed by atoms with Gasteiger partial charge in [-0.25, -0.2) is 19.0 Å². The normalized spacial score (nSPS) is 17.0. The zero-order valence-electron chi connectivity index (χ0n) is 25.9. The van der Waals surface area contributed by atoms with Crippen molar-refractivity contribution in [3.05, 3.63) is 77.0 Å². The third-order valence-corrected chi connectivity index (χ3v) is 9.08. The molecule has 1 amide bonds. The maximum absolute atomic E-state index is 13.8. The number of hydrogen-bond acceptors (Lipinski definition) is 5. The van der Waals surface area contributed by atoms with E-state index in [1.54, 1.807) is 12.1 Å². The Morgan fingerprint density at radius 1 is 0.884 bits per heavy atom. The molecule has 1 saturated carbocycles. The van der Waals surface area contributed by atoms with Gasteiger partial charge in [-0.2, -0.15) is 5.10 Å². The van der Waals surface area contributed by atoms with Crippen LogP contribution in [0.5, 0.6) is 0 Å². The van der Waals surface area contributed by atoms with E-state index in [0.717, 1.165) is 59.0 Å². The lowest BCUT2D eigenvalue weighted by Gasteiger charge is -2.25. The molecule has 6 rings (SSSR count). The fourth-order valence-corrected chi connectivity index (χ4v) is 6.57. The van der Waals surface area contributed by atoms with E-state index in [0.29, 0.717) is 25.6 Å². The summed E-state index contributed by atoms with van der Waals surface area (Å²) < 4.78 is 15.6. The quantitative estimate of drug-likeness (QED) is 0.253. The second-order valence-corrected chi connectivity index (χ2v) is 13.3. The van der Waals surface area contributed by atoms with Gasteiger partial charge in [-0.1, -0.05) is 65.0 Å². The van der Waals surface area contributed by atoms with Gasteiger partial charge in [0.2, 0.25) is 0 Å². The Kier molecular flexibility index (Phi) is 8.21. The van der Waals surface area contributed by atoms with Crippen molar-refractivity contribution in [3.63, 3.8) is 0 Å². The van der Waals surface area contributed by atoms with Crippen LogP contribution >= 0.6 is 0 Å². The van der Waals surface area contributed by atoms with Gasteiger partial charge in [-0.15, -0.1) is 0 Å². The summed E-state index contributed by atoms with van der Waals surface area (Å²) in [5.74, 6) is 2.12. The van der Waals surface area contributed by atoms with Crippen molar-refractivity contribution in [2.24, 2.45) is 5.92 Å². The third-order valence-electron chi connectivity index (χ3n) is 9.08. The standard InChI is InChI=1S/C35H43FN6O/c1-24-31-32(40-19-8-20-41(22-21-40)34(43)26-11-13-27(14-12-26)35(2,3)4)37-30(23-25-9-6-5-7-10-25)38-33(31)42(39-24)29-17-15-28(36)16-18-29/h11-18,25H,5-10,19-23H2,1-4H3. The molecule has 43 heavy (non-hydrogen) atoms. The first-order valence-electron chi connectivity index (χ1n) is 15.8. The predicted octanol–water partition coefficient (Wildman–Crippen LogP) is 7.04. The highest BCUT2D eigenvalue weighted by Gasteiger charge is 2.27. The van der Waals surface area contributed by atoms with Gasteiger partial charge in [-0.3, -0.25) is 4.79 Å². The molecule has 1 aliphatic heterocycles. The molecule has 3 heterocycles. The third kappa shape index (κ3) is 6.29. The van der Waals surface area contributed by atoms with Crippen LogP contribution in [0.1, 0.15) is 86.7 Å². The van der Waals surface area contributed by atoms with E-state index in [9.17, 15) is 9.18 Å². The lowest BCUT2D eigenvalue weighted by molar-refractivity contribution is 0.0767. The van der Waals surface area contributed by atoms with E-state index < -0.39 is 0 Å². The molecule has 2 aliphatic rings. The minimum absolute atomic E-state index is 0.0477. The molecule has 7 nitrogen and oxygen atoms in total. The number of hydrogen-bond donors (Lipinski definition) is 0. The van der Waals surface area contributed by atoms with E-state index in [-0.39, 0.29) is 17.1 Å². The van der Waals surface area contributed by atoms with Gasteiger partial charge < -0.3 is 9.80 Å². The first-order valence-corrected chi connectivity index (χ1v) is 15.8. The molecule has 1 aliphatic carbocycles. The first kappa shape index (κ1) is 29.3. The fraction of sp³-hybridized carbons (Fsp3) is 0.486. The van der Waals surface area contributed by atoms with Crippen molar-refractivity contribution < 1.29 is 9.18 Å². The average molecular weight is 583 g/mol. The summed E-state index contributed by atoms with van der Waals surface area (Å²) in [5, 5.41) is 5.79. The molecule has 0 N–H and O–H groups in total. The number of aromatic nitrogens is 4. The van der Waals surface area contributed by atoms with Crippen LogP contribution in [0.25, 0.3) is 16.7 Å². The molecule has 2 aromatic carbocycles. The molecule has 8 heteroatoms. The number of halogens is 1. The highest BCUT2D eigenvalue weighted by Crippen LogP contribution is 2.32. The summed E-state index contributed by atoms with van der Waals surface area (Å²) in [6, 6.07) is 14.5. The maximum atomic E-state index is 13.8. The number of amides is 1. The Morgan fingerprint density at radius 3 is 2.30 bits per heavy atom. The van der Waals surface area contributed by atoms with Crippen LogP contribution in [0.2, 0.25) is 0 Å². The number of rotatable bonds is 5. The molecule has 0 unspecified atom stereocenters. The maximum Gasteiger partial charge on any atom is 0.253 e. The zero-order valence-corrected chi connectivity index (χ0v) is 25.9. The van der Waals surface area contributed by atoms with E-state index >= 15 is 0 Å². The topological polar surface area (TPSA) is 67.2 Å². The van der Waals surface area contributed by atoms with Gasteiger partial charge in [0.25, 0.3) is 5.91 Å². The summed E-state index contributed by atoms with van der Waals surface area (Å²) in [7, 11) is 0. The number of nitrogens with zero attached hydrogens (tertiary/aromatic N) is 6. The molecule has 0 atom stereocenters. The Hall–Kier alpha value is -3.81. The molecule has 4 aromatic rings. The van der Waals surface area contributed by atoms with Crippen LogP contribution in [0, 0.1) is 18.7 Å². The van der Waals surface area contributed by atoms with Crippen LogP contribution in [0.3, 0.4) is 0 Å². The molecule has 0 bridgehead atoms. The minimum Gasteiger partial charge on any atom is -0.354 e. The van der Waals surface area contributed by atoms with Crippen molar-refractivity contribution >= 4 is 22.8 Å². The summed E-state index contributed by atoms with van der Waals surface area (Å²) in [4.78, 5) is 28.1. The van der Waals surface area contributed by atoms with Crippen LogP contribution in [-0.2, 0) is 11.8 Å². The minimum atomic E-state index is -0.279. The van der Waals surface area contributed by atoms with Crippen molar-refractivity contribution in [3.8, 4) is 5.69 Å². The number of anilines is 1. The highest BCUT2D eigenvalue weighted by atomic mass is 19.1. The van der Waals surface area contributed by atoms with Gasteiger partial charge in [0.15, 0.2) is 5.65 Å². The molecule has 2 fully saturated rings. The Morgan fingerprint density at radius 2 is 1.60 bits per heavy atom. The van der Waals surface area contributed by atoms with Crippen LogP contribution < -0.4 is 4.90 Å². The lowest BCUT2D eigenvalue weighted by Crippen LogP contribution is -2.35. The Bertz CT molecular complexity index is 1580. The van der Waals surface area contributed by atoms with Gasteiger partial charge in [-0.05, 0) is 66.6 Å². The van der Waals surface area contributed by atoms with Gasteiger partial charge in [0.05, 0.1) is 16.8 Å². The number of carbonyl (C=O) groups excluding carboxylic acids is 1. The number of aryl methyl sites for hydroxylation is 1. The Balaban J connectivity index is 1.31. The molecular formula is C35H43FN6O. The predicted molar refractivity (Wildman–Crippen MR) is 170 cm³/mol. The molecule has 226 valence electrons. The highest BCUT2D eigenvalue weighted by molar-refractivity contribution is 5.94. The largest absolute Gasteiger partial charge is 0.354 e. The van der Waals surface area contributed by atoms with Crippen LogP contribution in [-0.4, -0.2) is 56.7 Å². The number of fused-ring (bicyclic) bond motifs is 1. The number of benzene rings is 2. The SMILES string of the molecule is Cc1nn(-c2ccc(F)cc2)c2nc(CC3CCCCC3)nc(N3CCCN(C(=O)c4ccc(C(C)(C)C)cc4)CC3)c12. The van der Waals surface area contributed by atoms with Gasteiger partial charge >= 0.3 is 0 Å². The van der Waals surface area contributed by atoms with Crippen molar-refractivity contribution in [1.29, 1.82) is 0 Å². The van der Waals surface area contributed by atoms with Crippen LogP contribution in [0.15, 0.2) is 48.5 Å². The van der Waals surface area contributed by atoms with E-state index in [4.69, 9.17) is 15.1 Å². The van der Waals surface area contributed by atoms with Gasteiger partial charge in [0.1, 0.15) is 17.5 Å². The molecule has 0 radical (unpaired) electrons. The molecular weight excluding hydrogens is 539 g/mol. The summed E-state index contributed by atoms with van der Waals surface area (Å²) in [6.07, 6.45) is 7.96. The average Bonchev–Trinajstić information content (AvgIpc) is 3.16. The zero-order chi connectivity index (χ0) is 30.1. The Labute approximate surface area is 254 Å². The second-order valence-electron chi connectivity index (χ2n) is 13.3. The molecule has 0 spiro atoms. The summed E-state index contributed by atoms with van der Waals surface area (Å²) in [6.45, 7) is 11.3. The van der Waals surface area contributed by atoms with Crippen molar-refractivity contribution in [1.82, 2.24) is 24.6 Å². The summed E-state index contributed by atoms with van der Waals surface area (Å²) in [5.41, 5.74) is 4.38. The second kappa shape index (κ2) is 12.1. The van der Waals surface area contributed by atoms with Crippen molar-refractivity contribution in [2.75, 3.05) is 31.1 Å². The van der Waals surface area contributed by atoms with Crippen LogP contribution in [0.4, 0.5) is 10.2 Å².